The third kappa shape index (κ3) is 5.18. The van der Waals surface area contributed by atoms with Crippen LogP contribution in [0, 0.1) is 0 Å². The molecule has 1 rings (SSSR count). The Hall–Kier alpha value is -0.890. The van der Waals surface area contributed by atoms with E-state index in [2.05, 4.69) is 51.1 Å². The van der Waals surface area contributed by atoms with Gasteiger partial charge in [-0.15, -0.1) is 0 Å². The van der Waals surface area contributed by atoms with Gasteiger partial charge in [0.05, 0.1) is 19.6 Å². The predicted molar refractivity (Wildman–Crippen MR) is 75.9 cm³/mol. The van der Waals surface area contributed by atoms with Crippen molar-refractivity contribution in [2.75, 3.05) is 19.6 Å². The molecule has 1 aromatic carbocycles. The number of hydrogen-bond acceptors (Lipinski definition) is 0. The summed E-state index contributed by atoms with van der Waals surface area (Å²) in [5.41, 5.74) is 1.49. The molecule has 0 amide bonds. The highest BCUT2D eigenvalue weighted by Crippen LogP contribution is 2.17. The third-order valence-corrected chi connectivity index (χ3v) is 3.45. The quantitative estimate of drug-likeness (QED) is 0.612. The molecule has 1 nitrogen and oxygen atoms in total. The number of benzene rings is 1. The summed E-state index contributed by atoms with van der Waals surface area (Å²) in [6.07, 6.45) is 3.85. The van der Waals surface area contributed by atoms with E-state index < -0.39 is 0 Å². The van der Waals surface area contributed by atoms with Gasteiger partial charge in [0, 0.05) is 5.56 Å². The van der Waals surface area contributed by atoms with E-state index in [0.29, 0.717) is 0 Å². The summed E-state index contributed by atoms with van der Waals surface area (Å²) in [4.78, 5) is 0. The zero-order valence-electron chi connectivity index (χ0n) is 12.2. The molecule has 0 unspecified atom stereocenters. The molecular formula is C16H28FN. The summed E-state index contributed by atoms with van der Waals surface area (Å²) in [5, 5.41) is 0. The average molecular weight is 253 g/mol. The Kier molecular flexibility index (Phi) is 8.65. The summed E-state index contributed by atoms with van der Waals surface area (Å²) in [6.45, 7) is 12.1. The first-order chi connectivity index (χ1) is 8.26. The first-order valence-corrected chi connectivity index (χ1v) is 7.15. The Morgan fingerprint density at radius 3 is 1.61 bits per heavy atom. The highest BCUT2D eigenvalue weighted by Gasteiger charge is 2.24. The largest absolute Gasteiger partial charge is 1.00 e. The Bertz CT molecular complexity index is 280. The van der Waals surface area contributed by atoms with Crippen molar-refractivity contribution in [1.29, 1.82) is 0 Å². The van der Waals surface area contributed by atoms with Crippen LogP contribution in [0.15, 0.2) is 30.3 Å². The monoisotopic (exact) mass is 253 g/mol. The molecule has 0 spiro atoms. The average Bonchev–Trinajstić information content (AvgIpc) is 2.31. The highest BCUT2D eigenvalue weighted by molar-refractivity contribution is 5.13. The Morgan fingerprint density at radius 1 is 0.778 bits per heavy atom. The molecule has 0 aliphatic rings. The standard InChI is InChI=1S/C16H28N.FH/c1-4-12-17(13-5-2,14-6-3)15-16-10-8-7-9-11-16;/h7-11H,4-6,12-15H2,1-3H3;1H/q+1;/p-1. The fourth-order valence-electron chi connectivity index (χ4n) is 2.97. The molecule has 0 saturated heterocycles. The molecule has 0 aliphatic heterocycles. The van der Waals surface area contributed by atoms with E-state index >= 15 is 0 Å². The molecule has 0 radical (unpaired) electrons. The maximum Gasteiger partial charge on any atom is 0.104 e. The molecule has 0 atom stereocenters. The van der Waals surface area contributed by atoms with E-state index in [1.54, 1.807) is 0 Å². The van der Waals surface area contributed by atoms with Crippen molar-refractivity contribution < 1.29 is 9.19 Å². The van der Waals surface area contributed by atoms with Crippen LogP contribution in [0.3, 0.4) is 0 Å². The van der Waals surface area contributed by atoms with E-state index in [-0.39, 0.29) is 4.70 Å². The van der Waals surface area contributed by atoms with Gasteiger partial charge in [-0.2, -0.15) is 0 Å². The Labute approximate surface area is 112 Å². The Morgan fingerprint density at radius 2 is 1.22 bits per heavy atom. The number of rotatable bonds is 8. The minimum atomic E-state index is 0. The van der Waals surface area contributed by atoms with Gasteiger partial charge in [-0.1, -0.05) is 51.1 Å². The summed E-state index contributed by atoms with van der Waals surface area (Å²) in [6, 6.07) is 11.0. The van der Waals surface area contributed by atoms with E-state index in [9.17, 15) is 0 Å². The van der Waals surface area contributed by atoms with Gasteiger partial charge in [-0.25, -0.2) is 0 Å². The van der Waals surface area contributed by atoms with Crippen molar-refractivity contribution in [3.8, 4) is 0 Å². The van der Waals surface area contributed by atoms with E-state index in [1.807, 2.05) is 0 Å². The number of quaternary nitrogens is 1. The predicted octanol–water partition coefficient (Wildman–Crippen LogP) is 1.24. The normalized spacial score (nSPS) is 11.1. The lowest BCUT2D eigenvalue weighted by molar-refractivity contribution is -0.941. The molecule has 0 heterocycles. The van der Waals surface area contributed by atoms with Crippen molar-refractivity contribution in [3.05, 3.63) is 35.9 Å². The van der Waals surface area contributed by atoms with Gasteiger partial charge in [-0.05, 0) is 19.3 Å². The van der Waals surface area contributed by atoms with Gasteiger partial charge < -0.3 is 9.19 Å². The maximum atomic E-state index is 2.31. The van der Waals surface area contributed by atoms with Crippen LogP contribution in [0.5, 0.6) is 0 Å². The number of nitrogens with zero attached hydrogens (tertiary/aromatic N) is 1. The fraction of sp³-hybridized carbons (Fsp3) is 0.625. The first-order valence-electron chi connectivity index (χ1n) is 7.15. The van der Waals surface area contributed by atoms with Crippen molar-refractivity contribution in [3.63, 3.8) is 0 Å². The molecule has 2 heteroatoms. The molecule has 0 N–H and O–H groups in total. The first kappa shape index (κ1) is 17.1. The molecule has 104 valence electrons. The molecule has 18 heavy (non-hydrogen) atoms. The van der Waals surface area contributed by atoms with Gasteiger partial charge in [0.15, 0.2) is 0 Å². The van der Waals surface area contributed by atoms with Crippen LogP contribution in [0.4, 0.5) is 0 Å². The van der Waals surface area contributed by atoms with Crippen molar-refractivity contribution in [1.82, 2.24) is 0 Å². The van der Waals surface area contributed by atoms with E-state index in [0.717, 1.165) is 0 Å². The lowest BCUT2D eigenvalue weighted by Gasteiger charge is -2.38. The van der Waals surface area contributed by atoms with Crippen molar-refractivity contribution in [2.45, 2.75) is 46.6 Å². The van der Waals surface area contributed by atoms with Crippen LogP contribution < -0.4 is 4.70 Å². The molecule has 0 aliphatic carbocycles. The van der Waals surface area contributed by atoms with Gasteiger partial charge >= 0.3 is 0 Å². The lowest BCUT2D eigenvalue weighted by Crippen LogP contribution is -3.00. The van der Waals surface area contributed by atoms with Crippen LogP contribution in [-0.4, -0.2) is 24.1 Å². The second-order valence-corrected chi connectivity index (χ2v) is 5.16. The maximum absolute atomic E-state index is 2.31. The van der Waals surface area contributed by atoms with Gasteiger partial charge in [0.1, 0.15) is 6.54 Å². The van der Waals surface area contributed by atoms with Crippen molar-refractivity contribution in [2.24, 2.45) is 0 Å². The molecule has 0 bridgehead atoms. The third-order valence-electron chi connectivity index (χ3n) is 3.45. The minimum absolute atomic E-state index is 0. The van der Waals surface area contributed by atoms with Crippen LogP contribution in [0.2, 0.25) is 0 Å². The van der Waals surface area contributed by atoms with Crippen LogP contribution >= 0.6 is 0 Å². The molecule has 0 fully saturated rings. The van der Waals surface area contributed by atoms with Crippen LogP contribution in [0.25, 0.3) is 0 Å². The summed E-state index contributed by atoms with van der Waals surface area (Å²) < 4.78 is 1.27. The second kappa shape index (κ2) is 9.09. The number of hydrogen-bond donors (Lipinski definition) is 0. The summed E-state index contributed by atoms with van der Waals surface area (Å²) in [7, 11) is 0. The minimum Gasteiger partial charge on any atom is -1.00 e. The second-order valence-electron chi connectivity index (χ2n) is 5.16. The van der Waals surface area contributed by atoms with Gasteiger partial charge in [-0.3, -0.25) is 0 Å². The zero-order valence-corrected chi connectivity index (χ0v) is 12.2. The highest BCUT2D eigenvalue weighted by atomic mass is 19.0. The fourth-order valence-corrected chi connectivity index (χ4v) is 2.97. The number of halogens is 1. The smallest absolute Gasteiger partial charge is 0.104 e. The Balaban J connectivity index is 0.00000289. The van der Waals surface area contributed by atoms with Crippen LogP contribution in [0.1, 0.15) is 45.6 Å². The molecule has 0 saturated carbocycles. The summed E-state index contributed by atoms with van der Waals surface area (Å²) in [5.74, 6) is 0. The topological polar surface area (TPSA) is 0 Å². The molecule has 1 aromatic rings. The van der Waals surface area contributed by atoms with E-state index in [1.165, 1.54) is 55.5 Å². The zero-order chi connectivity index (χ0) is 12.6. The molecular weight excluding hydrogens is 225 g/mol. The van der Waals surface area contributed by atoms with Gasteiger partial charge in [0.25, 0.3) is 0 Å². The van der Waals surface area contributed by atoms with Crippen molar-refractivity contribution >= 4 is 0 Å². The molecule has 0 aromatic heterocycles. The summed E-state index contributed by atoms with van der Waals surface area (Å²) >= 11 is 0. The van der Waals surface area contributed by atoms with E-state index in [4.69, 9.17) is 0 Å². The van der Waals surface area contributed by atoms with Crippen LogP contribution in [-0.2, 0) is 6.54 Å². The lowest BCUT2D eigenvalue weighted by atomic mass is 10.1. The van der Waals surface area contributed by atoms with Gasteiger partial charge in [0.2, 0.25) is 0 Å². The SMILES string of the molecule is CCC[N+](CCC)(CCC)Cc1ccccc1.[F-].